The zero-order chi connectivity index (χ0) is 45.3. The Labute approximate surface area is 372 Å². The van der Waals surface area contributed by atoms with Crippen molar-refractivity contribution in [2.24, 2.45) is 39.7 Å². The van der Waals surface area contributed by atoms with Crippen LogP contribution in [-0.2, 0) is 37.8 Å². The van der Waals surface area contributed by atoms with Crippen LogP contribution in [0.4, 0.5) is 22.7 Å². The maximum atomic E-state index is 13.0. The van der Waals surface area contributed by atoms with E-state index in [0.29, 0.717) is 58.4 Å². The summed E-state index contributed by atoms with van der Waals surface area (Å²) in [6, 6.07) is 6.31. The van der Waals surface area contributed by atoms with Gasteiger partial charge in [0.05, 0.1) is 34.4 Å². The number of rotatable bonds is 25. The largest absolute Gasteiger partial charge is 0.388 e. The van der Waals surface area contributed by atoms with Crippen LogP contribution in [0.2, 0.25) is 0 Å². The van der Waals surface area contributed by atoms with Gasteiger partial charge in [0.1, 0.15) is 22.8 Å². The summed E-state index contributed by atoms with van der Waals surface area (Å²) in [4.78, 5) is 76.2. The Morgan fingerprint density at radius 1 is 0.444 bits per heavy atom. The van der Waals surface area contributed by atoms with E-state index < -0.39 is 11.8 Å². The van der Waals surface area contributed by atoms with E-state index in [1.165, 1.54) is 0 Å². The molecule has 0 unspecified atom stereocenters. The Morgan fingerprint density at radius 3 is 1.02 bits per heavy atom. The van der Waals surface area contributed by atoms with E-state index >= 15 is 0 Å². The lowest BCUT2D eigenvalue weighted by molar-refractivity contribution is -0.117. The van der Waals surface area contributed by atoms with Crippen LogP contribution in [0.15, 0.2) is 49.1 Å². The molecule has 0 atom stereocenters. The Balaban J connectivity index is 0.0000106. The number of aryl methyl sites for hydroxylation is 4. The molecule has 4 aromatic heterocycles. The zero-order valence-corrected chi connectivity index (χ0v) is 37.1. The highest BCUT2D eigenvalue weighted by Gasteiger charge is 2.19. The SMILES string of the molecule is Cl.Cn1cc(NC(=O)c2cc(NC(=O)CCCCCCCCCCC(=O)Nc3cc(C(=O)Nc4cc(C(=O)NCCC(=N)N)n(C)c4)n(C)c3)cn2C)cc1C(=O)NCCC(=N)N. The van der Waals surface area contributed by atoms with Gasteiger partial charge >= 0.3 is 0 Å². The number of anilines is 4. The van der Waals surface area contributed by atoms with Gasteiger partial charge in [0.2, 0.25) is 11.8 Å². The molecule has 0 fully saturated rings. The monoisotopic (exact) mass is 892 g/mol. The average Bonchev–Trinajstić information content (AvgIpc) is 3.96. The van der Waals surface area contributed by atoms with Gasteiger partial charge < -0.3 is 61.6 Å². The third-order valence-electron chi connectivity index (χ3n) is 9.95. The van der Waals surface area contributed by atoms with Crippen molar-refractivity contribution in [3.05, 3.63) is 71.8 Å². The minimum Gasteiger partial charge on any atom is -0.388 e. The molecule has 21 heteroatoms. The van der Waals surface area contributed by atoms with Crippen molar-refractivity contribution in [3.63, 3.8) is 0 Å². The first-order valence-corrected chi connectivity index (χ1v) is 20.6. The second-order valence-corrected chi connectivity index (χ2v) is 15.3. The van der Waals surface area contributed by atoms with E-state index in [1.54, 1.807) is 95.5 Å². The van der Waals surface area contributed by atoms with Gasteiger partial charge in [-0.15, -0.1) is 12.4 Å². The fraction of sp³-hybridized carbons (Fsp3) is 0.429. The van der Waals surface area contributed by atoms with Gasteiger partial charge in [-0.2, -0.15) is 0 Å². The second kappa shape index (κ2) is 24.6. The predicted octanol–water partition coefficient (Wildman–Crippen LogP) is 4.56. The fourth-order valence-electron chi connectivity index (χ4n) is 6.71. The first-order valence-electron chi connectivity index (χ1n) is 20.6. The number of carbonyl (C=O) groups is 6. The van der Waals surface area contributed by atoms with E-state index in [9.17, 15) is 28.8 Å². The Hall–Kier alpha value is -6.83. The number of nitrogens with two attached hydrogens (primary N) is 2. The van der Waals surface area contributed by atoms with Crippen molar-refractivity contribution >= 4 is 82.3 Å². The van der Waals surface area contributed by atoms with Crippen molar-refractivity contribution in [2.75, 3.05) is 34.4 Å². The Bertz CT molecular complexity index is 2110. The molecule has 0 spiro atoms. The number of carbonyl (C=O) groups excluding carboxylic acids is 6. The quantitative estimate of drug-likeness (QED) is 0.0255. The lowest BCUT2D eigenvalue weighted by Crippen LogP contribution is -2.28. The number of halogens is 1. The van der Waals surface area contributed by atoms with Gasteiger partial charge in [-0.25, -0.2) is 0 Å². The van der Waals surface area contributed by atoms with E-state index in [0.717, 1.165) is 51.4 Å². The van der Waals surface area contributed by atoms with Crippen LogP contribution >= 0.6 is 12.4 Å². The number of amides is 6. The summed E-state index contributed by atoms with van der Waals surface area (Å²) in [7, 11) is 6.79. The minimum absolute atomic E-state index is 0. The predicted molar refractivity (Wildman–Crippen MR) is 246 cm³/mol. The molecule has 4 heterocycles. The van der Waals surface area contributed by atoms with E-state index in [1.807, 2.05) is 0 Å². The van der Waals surface area contributed by atoms with Crippen molar-refractivity contribution in [3.8, 4) is 0 Å². The fourth-order valence-corrected chi connectivity index (χ4v) is 6.71. The summed E-state index contributed by atoms with van der Waals surface area (Å²) in [5.74, 6) is -1.81. The van der Waals surface area contributed by atoms with Gasteiger partial charge in [0.15, 0.2) is 0 Å². The van der Waals surface area contributed by atoms with E-state index in [4.69, 9.17) is 22.3 Å². The normalized spacial score (nSPS) is 10.7. The van der Waals surface area contributed by atoms with Crippen molar-refractivity contribution in [2.45, 2.75) is 77.0 Å². The van der Waals surface area contributed by atoms with Crippen LogP contribution in [0.5, 0.6) is 0 Å². The number of unbranched alkanes of at least 4 members (excludes halogenated alkanes) is 7. The van der Waals surface area contributed by atoms with Crippen LogP contribution in [0.25, 0.3) is 0 Å². The van der Waals surface area contributed by atoms with Crippen molar-refractivity contribution in [1.82, 2.24) is 28.9 Å². The number of hydrogen-bond acceptors (Lipinski definition) is 8. The van der Waals surface area contributed by atoms with Crippen LogP contribution in [0.1, 0.15) is 119 Å². The first-order chi connectivity index (χ1) is 29.5. The zero-order valence-electron chi connectivity index (χ0n) is 36.3. The molecule has 4 aromatic rings. The molecule has 0 aliphatic heterocycles. The number of aromatic nitrogens is 4. The molecular formula is C42H61ClN14O6. The number of hydrogen-bond donors (Lipinski definition) is 10. The van der Waals surface area contributed by atoms with Crippen LogP contribution in [0.3, 0.4) is 0 Å². The number of amidine groups is 2. The van der Waals surface area contributed by atoms with Gasteiger partial charge in [-0.1, -0.05) is 38.5 Å². The highest BCUT2D eigenvalue weighted by molar-refractivity contribution is 6.06. The summed E-state index contributed by atoms with van der Waals surface area (Å²) in [6.07, 6.45) is 15.2. The molecule has 63 heavy (non-hydrogen) atoms. The van der Waals surface area contributed by atoms with Crippen LogP contribution in [-0.4, -0.2) is 78.5 Å². The van der Waals surface area contributed by atoms with Crippen LogP contribution < -0.4 is 43.4 Å². The second-order valence-electron chi connectivity index (χ2n) is 15.3. The van der Waals surface area contributed by atoms with Gasteiger partial charge in [-0.3, -0.25) is 39.6 Å². The molecule has 0 saturated heterocycles. The third kappa shape index (κ3) is 16.2. The van der Waals surface area contributed by atoms with Crippen molar-refractivity contribution in [1.29, 1.82) is 10.8 Å². The molecule has 0 aliphatic carbocycles. The molecule has 342 valence electrons. The van der Waals surface area contributed by atoms with Gasteiger partial charge in [0.25, 0.3) is 23.6 Å². The molecule has 20 nitrogen and oxygen atoms in total. The highest BCUT2D eigenvalue weighted by atomic mass is 35.5. The molecule has 0 saturated carbocycles. The molecule has 0 aromatic carbocycles. The highest BCUT2D eigenvalue weighted by Crippen LogP contribution is 2.20. The summed E-state index contributed by atoms with van der Waals surface area (Å²) < 4.78 is 6.42. The standard InChI is InChI=1S/C42H60N14O6.ClH/c1-53-25-29(21-31(53)39(59)47-17-15-35(43)44)51-41(61)33-19-27(23-55(33)3)49-37(57)13-11-9-7-5-6-8-10-12-14-38(58)50-28-20-34(56(4)24-28)42(62)52-30-22-32(54(2)26-30)40(60)48-18-16-36(45)46;/h19-26H,5-18H2,1-4H3,(H3,43,44)(H3,45,46)(H,47,59)(H,48,60)(H,49,57)(H,50,58)(H,51,61)(H,52,62);1H. The van der Waals surface area contributed by atoms with E-state index in [-0.39, 0.29) is 73.6 Å². The topological polar surface area (TPSA) is 294 Å². The first kappa shape index (κ1) is 50.5. The molecular weight excluding hydrogens is 832 g/mol. The molecule has 6 amide bonds. The number of nitrogens with zero attached hydrogens (tertiary/aromatic N) is 4. The summed E-state index contributed by atoms with van der Waals surface area (Å²) in [5.41, 5.74) is 13.9. The Morgan fingerprint density at radius 2 is 0.714 bits per heavy atom. The Kier molecular flexibility index (Phi) is 19.7. The average molecular weight is 893 g/mol. The molecule has 12 N–H and O–H groups in total. The smallest absolute Gasteiger partial charge is 0.272 e. The summed E-state index contributed by atoms with van der Waals surface area (Å²) in [6.45, 7) is 0.460. The molecule has 0 bridgehead atoms. The maximum Gasteiger partial charge on any atom is 0.272 e. The van der Waals surface area contributed by atoms with Crippen LogP contribution in [0, 0.1) is 10.8 Å². The summed E-state index contributed by atoms with van der Waals surface area (Å²) in [5, 5.41) is 31.2. The molecule has 0 aliphatic rings. The number of nitrogens with one attached hydrogen (secondary N) is 8. The minimum atomic E-state index is -0.399. The van der Waals surface area contributed by atoms with Gasteiger partial charge in [0, 0.05) is 91.8 Å². The van der Waals surface area contributed by atoms with E-state index in [2.05, 4.69) is 31.9 Å². The summed E-state index contributed by atoms with van der Waals surface area (Å²) >= 11 is 0. The van der Waals surface area contributed by atoms with Gasteiger partial charge in [-0.05, 0) is 37.1 Å². The lowest BCUT2D eigenvalue weighted by Gasteiger charge is -2.04. The maximum absolute atomic E-state index is 13.0. The molecule has 4 rings (SSSR count). The van der Waals surface area contributed by atoms with Crippen molar-refractivity contribution < 1.29 is 28.8 Å². The lowest BCUT2D eigenvalue weighted by atomic mass is 10.1. The third-order valence-corrected chi connectivity index (χ3v) is 9.95. The molecule has 0 radical (unpaired) electrons.